The van der Waals surface area contributed by atoms with Crippen molar-refractivity contribution in [1.29, 1.82) is 0 Å². The second-order valence-corrected chi connectivity index (χ2v) is 12.4. The Labute approximate surface area is 212 Å². The van der Waals surface area contributed by atoms with Crippen molar-refractivity contribution >= 4 is 10.8 Å². The average Bonchev–Trinajstić information content (AvgIpc) is 3.32. The number of hydrogen-bond acceptors (Lipinski definition) is 6. The van der Waals surface area contributed by atoms with Gasteiger partial charge in [-0.25, -0.2) is 0 Å². The molecule has 2 bridgehead atoms. The third-order valence-corrected chi connectivity index (χ3v) is 10.6. The number of aromatic nitrogens is 1. The fraction of sp³-hybridized carbons (Fsp3) is 0.567. The highest BCUT2D eigenvalue weighted by Gasteiger charge is 2.69. The molecule has 9 atom stereocenters. The number of aliphatic hydroxyl groups is 3. The maximum atomic E-state index is 11.6. The van der Waals surface area contributed by atoms with E-state index in [2.05, 4.69) is 42.3 Å². The highest BCUT2D eigenvalue weighted by atomic mass is 16.5. The maximum Gasteiger partial charge on any atom is 0.105 e. The van der Waals surface area contributed by atoms with Crippen LogP contribution in [0.1, 0.15) is 50.5 Å². The van der Waals surface area contributed by atoms with Crippen molar-refractivity contribution in [3.63, 3.8) is 0 Å². The van der Waals surface area contributed by atoms with Crippen LogP contribution in [0.25, 0.3) is 10.8 Å². The first-order valence-corrected chi connectivity index (χ1v) is 13.4. The highest BCUT2D eigenvalue weighted by molar-refractivity contribution is 5.82. The summed E-state index contributed by atoms with van der Waals surface area (Å²) in [5, 5.41) is 35.9. The van der Waals surface area contributed by atoms with Crippen molar-refractivity contribution in [1.82, 2.24) is 9.88 Å². The molecule has 2 saturated carbocycles. The van der Waals surface area contributed by atoms with Crippen molar-refractivity contribution in [2.24, 2.45) is 11.3 Å². The van der Waals surface area contributed by atoms with Gasteiger partial charge in [-0.15, -0.1) is 0 Å². The van der Waals surface area contributed by atoms with E-state index in [1.54, 1.807) is 0 Å². The number of hydrogen-bond donors (Lipinski definition) is 3. The third-order valence-electron chi connectivity index (χ3n) is 10.6. The van der Waals surface area contributed by atoms with Gasteiger partial charge in [0.05, 0.1) is 23.4 Å². The fourth-order valence-electron chi connectivity index (χ4n) is 8.83. The number of benzene rings is 1. The number of nitrogens with zero attached hydrogens (tertiary/aromatic N) is 2. The Morgan fingerprint density at radius 2 is 1.92 bits per heavy atom. The molecule has 6 nitrogen and oxygen atoms in total. The zero-order valence-corrected chi connectivity index (χ0v) is 21.3. The van der Waals surface area contributed by atoms with E-state index in [1.807, 2.05) is 37.5 Å². The molecule has 5 aliphatic rings. The second-order valence-electron chi connectivity index (χ2n) is 12.4. The predicted octanol–water partition coefficient (Wildman–Crippen LogP) is 3.32. The van der Waals surface area contributed by atoms with Crippen LogP contribution < -0.4 is 0 Å². The second kappa shape index (κ2) is 7.49. The van der Waals surface area contributed by atoms with Crippen LogP contribution in [-0.4, -0.2) is 74.9 Å². The van der Waals surface area contributed by atoms with E-state index in [-0.39, 0.29) is 23.3 Å². The maximum absolute atomic E-state index is 11.6. The van der Waals surface area contributed by atoms with Gasteiger partial charge in [-0.2, -0.15) is 0 Å². The summed E-state index contributed by atoms with van der Waals surface area (Å²) in [6, 6.07) is 8.39. The first kappa shape index (κ1) is 23.1. The molecule has 2 aliphatic heterocycles. The monoisotopic (exact) mass is 488 g/mol. The fourth-order valence-corrected chi connectivity index (χ4v) is 8.83. The molecule has 3 N–H and O–H groups in total. The van der Waals surface area contributed by atoms with Crippen LogP contribution >= 0.6 is 0 Å². The van der Waals surface area contributed by atoms with Gasteiger partial charge in [0.15, 0.2) is 0 Å². The lowest BCUT2D eigenvalue weighted by atomic mass is 9.58. The van der Waals surface area contributed by atoms with Crippen LogP contribution in [0.4, 0.5) is 0 Å². The van der Waals surface area contributed by atoms with E-state index in [9.17, 15) is 15.3 Å². The molecule has 3 heterocycles. The summed E-state index contributed by atoms with van der Waals surface area (Å²) in [7, 11) is 3.92. The molecule has 1 aromatic carbocycles. The molecule has 2 spiro atoms. The van der Waals surface area contributed by atoms with Crippen LogP contribution in [-0.2, 0) is 4.74 Å². The topological polar surface area (TPSA) is 86.1 Å². The summed E-state index contributed by atoms with van der Waals surface area (Å²) < 4.78 is 7.21. The summed E-state index contributed by atoms with van der Waals surface area (Å²) in [5.41, 5.74) is 1.99. The molecule has 0 radical (unpaired) electrons. The molecule has 190 valence electrons. The molecule has 3 aliphatic carbocycles. The molecule has 36 heavy (non-hydrogen) atoms. The first-order valence-electron chi connectivity index (χ1n) is 13.4. The van der Waals surface area contributed by atoms with Gasteiger partial charge in [-0.3, -0.25) is 4.98 Å². The number of fused-ring (bicyclic) bond motifs is 2. The van der Waals surface area contributed by atoms with Gasteiger partial charge >= 0.3 is 0 Å². The summed E-state index contributed by atoms with van der Waals surface area (Å²) in [6.07, 6.45) is 9.89. The quantitative estimate of drug-likeness (QED) is 0.601. The van der Waals surface area contributed by atoms with Crippen molar-refractivity contribution in [3.05, 3.63) is 65.5 Å². The van der Waals surface area contributed by atoms with Gasteiger partial charge in [0.25, 0.3) is 0 Å². The van der Waals surface area contributed by atoms with Crippen LogP contribution in [0.3, 0.4) is 0 Å². The Hall–Kier alpha value is -2.09. The molecule has 1 aromatic heterocycles. The van der Waals surface area contributed by atoms with Crippen molar-refractivity contribution in [2.75, 3.05) is 14.1 Å². The minimum Gasteiger partial charge on any atom is -0.392 e. The van der Waals surface area contributed by atoms with E-state index < -0.39 is 29.5 Å². The summed E-state index contributed by atoms with van der Waals surface area (Å²) >= 11 is 0. The van der Waals surface area contributed by atoms with E-state index in [4.69, 9.17) is 4.74 Å². The summed E-state index contributed by atoms with van der Waals surface area (Å²) in [6.45, 7) is 2.34. The van der Waals surface area contributed by atoms with Crippen molar-refractivity contribution in [3.8, 4) is 0 Å². The molecule has 1 saturated heterocycles. The van der Waals surface area contributed by atoms with E-state index in [0.717, 1.165) is 41.2 Å². The van der Waals surface area contributed by atoms with Gasteiger partial charge < -0.3 is 25.0 Å². The Morgan fingerprint density at radius 1 is 1.08 bits per heavy atom. The van der Waals surface area contributed by atoms with E-state index >= 15 is 0 Å². The molecule has 0 amide bonds. The molecular weight excluding hydrogens is 452 g/mol. The lowest BCUT2D eigenvalue weighted by molar-refractivity contribution is -0.165. The van der Waals surface area contributed by atoms with E-state index in [1.165, 1.54) is 5.56 Å². The molecule has 9 unspecified atom stereocenters. The third kappa shape index (κ3) is 2.82. The molecule has 6 heteroatoms. The number of rotatable bonds is 2. The minimum atomic E-state index is -0.926. The van der Waals surface area contributed by atoms with E-state index in [0.29, 0.717) is 12.8 Å². The van der Waals surface area contributed by atoms with Gasteiger partial charge in [0, 0.05) is 35.7 Å². The lowest BCUT2D eigenvalue weighted by Gasteiger charge is -2.56. The molecule has 7 rings (SSSR count). The van der Waals surface area contributed by atoms with Gasteiger partial charge in [-0.1, -0.05) is 31.2 Å². The van der Waals surface area contributed by atoms with Crippen molar-refractivity contribution in [2.45, 2.75) is 80.5 Å². The Balaban J connectivity index is 1.32. The summed E-state index contributed by atoms with van der Waals surface area (Å²) in [4.78, 5) is 6.32. The highest BCUT2D eigenvalue weighted by Crippen LogP contribution is 2.69. The standard InChI is InChI=1S/C30H36N2O4/c1-28-8-6-20-13-21-26(34)27(35)22(32(2)3)15-29(21)9-10-30(20,36-29)24(28)14-23(33)25(28)18-5-4-17-7-11-31-16-19(17)12-18/h4-7,11-13,16,22-27,33-35H,8-10,14-15H2,1-3H3. The summed E-state index contributed by atoms with van der Waals surface area (Å²) in [5.74, 6) is 0.187. The van der Waals surface area contributed by atoms with Crippen molar-refractivity contribution < 1.29 is 20.1 Å². The zero-order chi connectivity index (χ0) is 25.0. The SMILES string of the molecule is CN(C)C1CC23CCC4(O2)C(=CCC2(C)C(c5ccc6ccncc6c5)C(O)CC42)C=C3C(O)C1O. The first-order chi connectivity index (χ1) is 17.2. The number of pyridine rings is 1. The number of ether oxygens (including phenoxy) is 1. The zero-order valence-electron chi connectivity index (χ0n) is 21.3. The van der Waals surface area contributed by atoms with Crippen LogP contribution in [0.2, 0.25) is 0 Å². The average molecular weight is 489 g/mol. The molecule has 3 fully saturated rings. The van der Waals surface area contributed by atoms with Gasteiger partial charge in [-0.05, 0) is 85.8 Å². The largest absolute Gasteiger partial charge is 0.392 e. The Bertz CT molecular complexity index is 1300. The Kier molecular flexibility index (Phi) is 4.79. The van der Waals surface area contributed by atoms with Crippen LogP contribution in [0.5, 0.6) is 0 Å². The minimum absolute atomic E-state index is 0.0121. The number of aliphatic hydroxyl groups excluding tert-OH is 3. The molecular formula is C30H36N2O4. The van der Waals surface area contributed by atoms with Gasteiger partial charge in [0.1, 0.15) is 6.10 Å². The van der Waals surface area contributed by atoms with Crippen LogP contribution in [0, 0.1) is 11.3 Å². The van der Waals surface area contributed by atoms with Gasteiger partial charge in [0.2, 0.25) is 0 Å². The lowest BCUT2D eigenvalue weighted by Crippen LogP contribution is -2.61. The molecule has 2 aromatic rings. The number of allylic oxidation sites excluding steroid dienone is 1. The number of likely N-dealkylation sites (N-methyl/N-ethyl adjacent to an activating group) is 1. The normalized spacial score (nSPS) is 45.2. The van der Waals surface area contributed by atoms with Crippen LogP contribution in [0.15, 0.2) is 60.0 Å². The predicted molar refractivity (Wildman–Crippen MR) is 137 cm³/mol. The smallest absolute Gasteiger partial charge is 0.105 e. The Morgan fingerprint density at radius 3 is 2.72 bits per heavy atom.